The molecule has 0 atom stereocenters. The largest absolute Gasteiger partial charge is 0.321 e. The number of amides is 1. The Morgan fingerprint density at radius 3 is 2.70 bits per heavy atom. The second-order valence-corrected chi connectivity index (χ2v) is 6.58. The molecule has 4 aromatic rings. The summed E-state index contributed by atoms with van der Waals surface area (Å²) in [5.74, 6) is -0.214. The van der Waals surface area contributed by atoms with Gasteiger partial charge in [0.15, 0.2) is 5.16 Å². The van der Waals surface area contributed by atoms with E-state index < -0.39 is 0 Å². The molecule has 27 heavy (non-hydrogen) atoms. The van der Waals surface area contributed by atoms with E-state index in [9.17, 15) is 4.79 Å². The summed E-state index contributed by atoms with van der Waals surface area (Å²) in [6.45, 7) is 0. The molecular weight excluding hydrogens is 358 g/mol. The molecule has 0 saturated carbocycles. The number of hydrogen-bond donors (Lipinski definition) is 2. The molecule has 0 unspecified atom stereocenters. The van der Waals surface area contributed by atoms with Crippen LogP contribution in [0.25, 0.3) is 16.9 Å². The van der Waals surface area contributed by atoms with Gasteiger partial charge in [0.2, 0.25) is 0 Å². The van der Waals surface area contributed by atoms with Crippen molar-refractivity contribution in [3.05, 3.63) is 78.8 Å². The molecule has 2 aromatic carbocycles. The van der Waals surface area contributed by atoms with Crippen molar-refractivity contribution in [1.82, 2.24) is 19.7 Å². The molecule has 134 valence electrons. The van der Waals surface area contributed by atoms with Crippen molar-refractivity contribution in [1.29, 1.82) is 0 Å². The summed E-state index contributed by atoms with van der Waals surface area (Å²) in [5, 5.41) is 10.6. The van der Waals surface area contributed by atoms with Gasteiger partial charge in [-0.05, 0) is 36.6 Å². The van der Waals surface area contributed by atoms with E-state index in [0.29, 0.717) is 11.4 Å². The van der Waals surface area contributed by atoms with Crippen molar-refractivity contribution in [2.45, 2.75) is 5.16 Å². The topological polar surface area (TPSA) is 75.6 Å². The number of benzene rings is 2. The van der Waals surface area contributed by atoms with Crippen LogP contribution in [-0.2, 0) is 0 Å². The summed E-state index contributed by atoms with van der Waals surface area (Å²) in [6.07, 6.45) is 5.24. The Morgan fingerprint density at radius 1 is 1.11 bits per heavy atom. The minimum Gasteiger partial charge on any atom is -0.321 e. The van der Waals surface area contributed by atoms with Crippen LogP contribution in [0.1, 0.15) is 10.5 Å². The Bertz CT molecular complexity index is 1060. The predicted octanol–water partition coefficient (Wildman–Crippen LogP) is 4.24. The highest BCUT2D eigenvalue weighted by Crippen LogP contribution is 2.24. The van der Waals surface area contributed by atoms with E-state index in [1.807, 2.05) is 71.5 Å². The first-order chi connectivity index (χ1) is 13.3. The predicted molar refractivity (Wildman–Crippen MR) is 107 cm³/mol. The zero-order valence-electron chi connectivity index (χ0n) is 14.6. The standard InChI is InChI=1S/C20H17N5OS/c1-27-20-21-13-18(25(20)16-8-3-2-4-9-16)19(26)23-15-7-5-6-14(12-15)17-10-11-22-24-17/h2-13H,1H3,(H,22,24)(H,23,26). The quantitative estimate of drug-likeness (QED) is 0.512. The summed E-state index contributed by atoms with van der Waals surface area (Å²) in [7, 11) is 0. The third-order valence-corrected chi connectivity index (χ3v) is 4.74. The van der Waals surface area contributed by atoms with Gasteiger partial charge in [-0.25, -0.2) is 4.98 Å². The molecule has 0 bridgehead atoms. The Kier molecular flexibility index (Phi) is 4.76. The van der Waals surface area contributed by atoms with Gasteiger partial charge in [-0.2, -0.15) is 5.10 Å². The van der Waals surface area contributed by atoms with Crippen LogP contribution in [0.4, 0.5) is 5.69 Å². The average Bonchev–Trinajstić information content (AvgIpc) is 3.38. The highest BCUT2D eigenvalue weighted by molar-refractivity contribution is 7.98. The molecule has 0 fully saturated rings. The van der Waals surface area contributed by atoms with Gasteiger partial charge in [0.05, 0.1) is 11.9 Å². The second kappa shape index (κ2) is 7.51. The molecule has 0 aliphatic heterocycles. The van der Waals surface area contributed by atoms with Crippen LogP contribution >= 0.6 is 11.8 Å². The molecule has 2 heterocycles. The van der Waals surface area contributed by atoms with Crippen molar-refractivity contribution in [2.24, 2.45) is 0 Å². The first-order valence-electron chi connectivity index (χ1n) is 8.34. The fourth-order valence-electron chi connectivity index (χ4n) is 2.84. The molecule has 6 nitrogen and oxygen atoms in total. The highest BCUT2D eigenvalue weighted by atomic mass is 32.2. The van der Waals surface area contributed by atoms with Gasteiger partial charge in [0.1, 0.15) is 5.69 Å². The summed E-state index contributed by atoms with van der Waals surface area (Å²) in [4.78, 5) is 17.3. The van der Waals surface area contributed by atoms with Crippen LogP contribution in [0.5, 0.6) is 0 Å². The Hall–Kier alpha value is -3.32. The van der Waals surface area contributed by atoms with Crippen LogP contribution in [0.15, 0.2) is 78.2 Å². The van der Waals surface area contributed by atoms with E-state index in [1.165, 1.54) is 11.8 Å². The van der Waals surface area contributed by atoms with E-state index in [-0.39, 0.29) is 5.91 Å². The smallest absolute Gasteiger partial charge is 0.274 e. The number of aromatic amines is 1. The van der Waals surface area contributed by atoms with E-state index in [2.05, 4.69) is 20.5 Å². The number of H-pyrrole nitrogens is 1. The zero-order valence-corrected chi connectivity index (χ0v) is 15.4. The number of hydrogen-bond acceptors (Lipinski definition) is 4. The van der Waals surface area contributed by atoms with Crippen LogP contribution in [0, 0.1) is 0 Å². The lowest BCUT2D eigenvalue weighted by Gasteiger charge is -2.11. The molecule has 2 aromatic heterocycles. The fourth-order valence-corrected chi connectivity index (χ4v) is 3.39. The van der Waals surface area contributed by atoms with Gasteiger partial charge in [-0.3, -0.25) is 14.5 Å². The summed E-state index contributed by atoms with van der Waals surface area (Å²) >= 11 is 1.50. The number of carbonyl (C=O) groups excluding carboxylic acids is 1. The third kappa shape index (κ3) is 3.50. The summed E-state index contributed by atoms with van der Waals surface area (Å²) < 4.78 is 1.86. The van der Waals surface area contributed by atoms with Gasteiger partial charge < -0.3 is 5.32 Å². The maximum Gasteiger partial charge on any atom is 0.274 e. The number of nitrogens with zero attached hydrogens (tertiary/aromatic N) is 3. The van der Waals surface area contributed by atoms with E-state index in [1.54, 1.807) is 12.4 Å². The van der Waals surface area contributed by atoms with Gasteiger partial charge in [0.25, 0.3) is 5.91 Å². The number of rotatable bonds is 5. The maximum atomic E-state index is 12.9. The number of imidazole rings is 1. The van der Waals surface area contributed by atoms with Gasteiger partial charge in [-0.15, -0.1) is 0 Å². The van der Waals surface area contributed by atoms with Gasteiger partial charge in [0, 0.05) is 23.1 Å². The van der Waals surface area contributed by atoms with E-state index in [4.69, 9.17) is 0 Å². The monoisotopic (exact) mass is 375 g/mol. The fraction of sp³-hybridized carbons (Fsp3) is 0.0500. The minimum absolute atomic E-state index is 0.214. The molecule has 1 amide bonds. The first-order valence-corrected chi connectivity index (χ1v) is 9.57. The molecule has 0 aliphatic rings. The molecule has 4 rings (SSSR count). The van der Waals surface area contributed by atoms with E-state index >= 15 is 0 Å². The lowest BCUT2D eigenvalue weighted by atomic mass is 10.1. The number of para-hydroxylation sites is 1. The number of aromatic nitrogens is 4. The van der Waals surface area contributed by atoms with Crippen molar-refractivity contribution in [3.8, 4) is 16.9 Å². The van der Waals surface area contributed by atoms with Crippen molar-refractivity contribution >= 4 is 23.4 Å². The van der Waals surface area contributed by atoms with Crippen molar-refractivity contribution in [3.63, 3.8) is 0 Å². The summed E-state index contributed by atoms with van der Waals surface area (Å²) in [6, 6.07) is 19.2. The summed E-state index contributed by atoms with van der Waals surface area (Å²) in [5.41, 5.74) is 3.93. The second-order valence-electron chi connectivity index (χ2n) is 5.81. The van der Waals surface area contributed by atoms with Crippen molar-refractivity contribution in [2.75, 3.05) is 11.6 Å². The highest BCUT2D eigenvalue weighted by Gasteiger charge is 2.18. The first kappa shape index (κ1) is 17.1. The Labute approximate surface area is 160 Å². The van der Waals surface area contributed by atoms with Gasteiger partial charge in [-0.1, -0.05) is 42.1 Å². The molecule has 0 spiro atoms. The molecule has 0 saturated heterocycles. The molecule has 7 heteroatoms. The normalized spacial score (nSPS) is 10.7. The Balaban J connectivity index is 1.65. The van der Waals surface area contributed by atoms with E-state index in [0.717, 1.165) is 22.1 Å². The lowest BCUT2D eigenvalue weighted by molar-refractivity contribution is 0.102. The molecule has 0 aliphatic carbocycles. The maximum absolute atomic E-state index is 12.9. The number of anilines is 1. The average molecular weight is 375 g/mol. The molecule has 0 radical (unpaired) electrons. The number of nitrogens with one attached hydrogen (secondary N) is 2. The van der Waals surface area contributed by atoms with Crippen LogP contribution < -0.4 is 5.32 Å². The third-order valence-electron chi connectivity index (χ3n) is 4.09. The van der Waals surface area contributed by atoms with Gasteiger partial charge >= 0.3 is 0 Å². The number of carbonyl (C=O) groups is 1. The van der Waals surface area contributed by atoms with Crippen molar-refractivity contribution < 1.29 is 4.79 Å². The zero-order chi connectivity index (χ0) is 18.6. The van der Waals surface area contributed by atoms with Crippen LogP contribution in [0.2, 0.25) is 0 Å². The van der Waals surface area contributed by atoms with Crippen LogP contribution in [-0.4, -0.2) is 31.9 Å². The number of thioether (sulfide) groups is 1. The van der Waals surface area contributed by atoms with Crippen LogP contribution in [0.3, 0.4) is 0 Å². The Morgan fingerprint density at radius 2 is 1.96 bits per heavy atom. The lowest BCUT2D eigenvalue weighted by Crippen LogP contribution is -2.16. The molecular formula is C20H17N5OS. The minimum atomic E-state index is -0.214. The SMILES string of the molecule is CSc1ncc(C(=O)Nc2cccc(-c3ccn[nH]3)c2)n1-c1ccccc1. The molecule has 2 N–H and O–H groups in total.